The summed E-state index contributed by atoms with van der Waals surface area (Å²) < 4.78 is 9.15. The molecule has 3 heterocycles. The number of pyridine rings is 1. The van der Waals surface area contributed by atoms with E-state index in [1.54, 1.807) is 24.4 Å². The first-order valence-electron chi connectivity index (χ1n) is 8.45. The minimum atomic E-state index is -0.202. The van der Waals surface area contributed by atoms with Crippen LogP contribution in [0.5, 0.6) is 11.6 Å². The molecule has 0 saturated heterocycles. The topological polar surface area (TPSA) is 61.4 Å². The zero-order valence-corrected chi connectivity index (χ0v) is 15.6. The van der Waals surface area contributed by atoms with Crippen molar-refractivity contribution < 1.29 is 4.74 Å². The van der Waals surface area contributed by atoms with Crippen LogP contribution in [0.15, 0.2) is 59.5 Å². The Morgan fingerprint density at radius 1 is 1.07 bits per heavy atom. The quantitative estimate of drug-likeness (QED) is 0.502. The summed E-state index contributed by atoms with van der Waals surface area (Å²) in [5.74, 6) is 1.03. The van der Waals surface area contributed by atoms with Crippen molar-refractivity contribution in [2.24, 2.45) is 0 Å². The highest BCUT2D eigenvalue weighted by Crippen LogP contribution is 2.22. The van der Waals surface area contributed by atoms with Gasteiger partial charge in [-0.15, -0.1) is 5.10 Å². The third-order valence-electron chi connectivity index (χ3n) is 4.28. The van der Waals surface area contributed by atoms with Crippen LogP contribution >= 0.6 is 11.6 Å². The Balaban J connectivity index is 1.75. The third kappa shape index (κ3) is 3.57. The van der Waals surface area contributed by atoms with E-state index in [4.69, 9.17) is 16.3 Å². The molecular weight excluding hydrogens is 364 g/mol. The zero-order chi connectivity index (χ0) is 19.0. The van der Waals surface area contributed by atoms with Crippen molar-refractivity contribution >= 4 is 17.2 Å². The number of ether oxygens (including phenoxy) is 1. The first kappa shape index (κ1) is 17.3. The summed E-state index contributed by atoms with van der Waals surface area (Å²) in [6.07, 6.45) is 1.72. The Labute approximate surface area is 160 Å². The molecule has 3 aromatic heterocycles. The van der Waals surface area contributed by atoms with E-state index in [0.29, 0.717) is 29.0 Å². The lowest BCUT2D eigenvalue weighted by Crippen LogP contribution is -2.20. The van der Waals surface area contributed by atoms with E-state index < -0.39 is 0 Å². The molecule has 0 unspecified atom stereocenters. The smallest absolute Gasteiger partial charge is 0.274 e. The minimum absolute atomic E-state index is 0.202. The van der Waals surface area contributed by atoms with Crippen molar-refractivity contribution in [1.82, 2.24) is 19.2 Å². The van der Waals surface area contributed by atoms with Gasteiger partial charge >= 0.3 is 0 Å². The Bertz CT molecular complexity index is 1160. The summed E-state index contributed by atoms with van der Waals surface area (Å²) in [5, 5.41) is 4.76. The molecule has 136 valence electrons. The molecule has 4 rings (SSSR count). The van der Waals surface area contributed by atoms with Crippen LogP contribution in [0.3, 0.4) is 0 Å². The van der Waals surface area contributed by atoms with E-state index >= 15 is 0 Å². The van der Waals surface area contributed by atoms with Gasteiger partial charge in [0.25, 0.3) is 5.56 Å². The van der Waals surface area contributed by atoms with E-state index in [2.05, 4.69) is 10.1 Å². The average molecular weight is 381 g/mol. The van der Waals surface area contributed by atoms with Crippen LogP contribution in [-0.2, 0) is 6.54 Å². The molecule has 0 saturated carbocycles. The molecule has 0 atom stereocenters. The summed E-state index contributed by atoms with van der Waals surface area (Å²) >= 11 is 5.86. The van der Waals surface area contributed by atoms with E-state index in [1.807, 2.05) is 48.7 Å². The van der Waals surface area contributed by atoms with Crippen LogP contribution in [0.2, 0.25) is 5.15 Å². The fourth-order valence-corrected chi connectivity index (χ4v) is 2.98. The largest absolute Gasteiger partial charge is 0.437 e. The predicted molar refractivity (Wildman–Crippen MR) is 104 cm³/mol. The van der Waals surface area contributed by atoms with Crippen molar-refractivity contribution in [1.29, 1.82) is 0 Å². The molecule has 6 nitrogen and oxygen atoms in total. The molecule has 0 amide bonds. The van der Waals surface area contributed by atoms with E-state index in [9.17, 15) is 4.79 Å². The van der Waals surface area contributed by atoms with Crippen molar-refractivity contribution in [2.75, 3.05) is 0 Å². The minimum Gasteiger partial charge on any atom is -0.437 e. The summed E-state index contributed by atoms with van der Waals surface area (Å²) in [7, 11) is 0. The van der Waals surface area contributed by atoms with Gasteiger partial charge in [-0.3, -0.25) is 4.79 Å². The summed E-state index contributed by atoms with van der Waals surface area (Å²) in [5.41, 5.74) is 3.38. The molecule has 0 spiro atoms. The third-order valence-corrected chi connectivity index (χ3v) is 4.51. The zero-order valence-electron chi connectivity index (χ0n) is 14.9. The van der Waals surface area contributed by atoms with Crippen LogP contribution < -0.4 is 10.3 Å². The Hall–Kier alpha value is -3.12. The number of nitrogens with zero attached hydrogens (tertiary/aromatic N) is 4. The summed E-state index contributed by atoms with van der Waals surface area (Å²) in [4.78, 5) is 16.5. The molecule has 0 aliphatic carbocycles. The maximum Gasteiger partial charge on any atom is 0.274 e. The fraction of sp³-hybridized carbons (Fsp3) is 0.150. The van der Waals surface area contributed by atoms with Gasteiger partial charge in [0.2, 0.25) is 5.88 Å². The SMILES string of the molecule is Cc1ccc(Oc2cc3n(Cc4ccc(Cl)nc4)c(C)cc(=O)n3n2)cc1. The highest BCUT2D eigenvalue weighted by atomic mass is 35.5. The lowest BCUT2D eigenvalue weighted by atomic mass is 10.2. The van der Waals surface area contributed by atoms with Gasteiger partial charge in [0.05, 0.1) is 6.54 Å². The summed E-state index contributed by atoms with van der Waals surface area (Å²) in [6, 6.07) is 14.6. The fourth-order valence-electron chi connectivity index (χ4n) is 2.87. The van der Waals surface area contributed by atoms with Crippen LogP contribution in [0.1, 0.15) is 16.8 Å². The van der Waals surface area contributed by atoms with Crippen LogP contribution in [-0.4, -0.2) is 19.2 Å². The number of rotatable bonds is 4. The Morgan fingerprint density at radius 3 is 2.56 bits per heavy atom. The molecule has 1 aromatic carbocycles. The van der Waals surface area contributed by atoms with Crippen molar-refractivity contribution in [3.05, 3.63) is 87.1 Å². The van der Waals surface area contributed by atoms with Crippen molar-refractivity contribution in [2.45, 2.75) is 20.4 Å². The van der Waals surface area contributed by atoms with E-state index in [1.165, 1.54) is 4.52 Å². The number of fused-ring (bicyclic) bond motifs is 1. The molecule has 0 fully saturated rings. The standard InChI is InChI=1S/C20H17ClN4O2/c1-13-3-6-16(7-4-13)27-18-10-19-24(12-15-5-8-17(21)22-11-15)14(2)9-20(26)25(19)23-18/h3-11H,12H2,1-2H3. The number of aryl methyl sites for hydroxylation is 2. The number of aromatic nitrogens is 4. The number of halogens is 1. The van der Waals surface area contributed by atoms with Crippen molar-refractivity contribution in [3.63, 3.8) is 0 Å². The first-order valence-corrected chi connectivity index (χ1v) is 8.82. The summed E-state index contributed by atoms with van der Waals surface area (Å²) in [6.45, 7) is 4.43. The lowest BCUT2D eigenvalue weighted by molar-refractivity contribution is 0.458. The van der Waals surface area contributed by atoms with E-state index in [-0.39, 0.29) is 5.56 Å². The maximum absolute atomic E-state index is 12.4. The second kappa shape index (κ2) is 6.89. The maximum atomic E-state index is 12.4. The van der Waals surface area contributed by atoms with Gasteiger partial charge in [-0.1, -0.05) is 35.4 Å². The predicted octanol–water partition coefficient (Wildman–Crippen LogP) is 4.00. The van der Waals surface area contributed by atoms with Gasteiger partial charge < -0.3 is 9.30 Å². The van der Waals surface area contributed by atoms with Gasteiger partial charge in [0, 0.05) is 24.0 Å². The van der Waals surface area contributed by atoms with Crippen LogP contribution in [0, 0.1) is 13.8 Å². The molecule has 0 aliphatic rings. The monoisotopic (exact) mass is 380 g/mol. The number of hydrogen-bond acceptors (Lipinski definition) is 4. The highest BCUT2D eigenvalue weighted by Gasteiger charge is 2.12. The molecule has 4 aromatic rings. The van der Waals surface area contributed by atoms with Crippen LogP contribution in [0.25, 0.3) is 5.65 Å². The van der Waals surface area contributed by atoms with E-state index in [0.717, 1.165) is 16.8 Å². The molecule has 27 heavy (non-hydrogen) atoms. The Kier molecular flexibility index (Phi) is 4.41. The number of benzene rings is 1. The van der Waals surface area contributed by atoms with Gasteiger partial charge in [0.1, 0.15) is 16.5 Å². The highest BCUT2D eigenvalue weighted by molar-refractivity contribution is 6.29. The van der Waals surface area contributed by atoms with Gasteiger partial charge in [0.15, 0.2) is 0 Å². The Morgan fingerprint density at radius 2 is 1.85 bits per heavy atom. The normalized spacial score (nSPS) is 11.1. The number of hydrogen-bond donors (Lipinski definition) is 0. The lowest BCUT2D eigenvalue weighted by Gasteiger charge is -2.12. The van der Waals surface area contributed by atoms with Crippen LogP contribution in [0.4, 0.5) is 0 Å². The van der Waals surface area contributed by atoms with Gasteiger partial charge in [-0.05, 0) is 37.6 Å². The van der Waals surface area contributed by atoms with Gasteiger partial charge in [-0.25, -0.2) is 4.98 Å². The molecule has 0 bridgehead atoms. The molecule has 0 N–H and O–H groups in total. The molecule has 0 aliphatic heterocycles. The molecule has 0 radical (unpaired) electrons. The second-order valence-corrected chi connectivity index (χ2v) is 6.75. The molecular formula is C20H17ClN4O2. The average Bonchev–Trinajstić information content (AvgIpc) is 3.06. The van der Waals surface area contributed by atoms with Gasteiger partial charge in [-0.2, -0.15) is 4.52 Å². The molecule has 7 heteroatoms. The first-order chi connectivity index (χ1) is 13.0. The second-order valence-electron chi connectivity index (χ2n) is 6.37. The van der Waals surface area contributed by atoms with Crippen molar-refractivity contribution in [3.8, 4) is 11.6 Å².